The van der Waals surface area contributed by atoms with Gasteiger partial charge in [0.25, 0.3) is 0 Å². The van der Waals surface area contributed by atoms with Crippen LogP contribution in [0.2, 0.25) is 0 Å². The maximum Gasteiger partial charge on any atom is 0.320 e. The van der Waals surface area contributed by atoms with Crippen LogP contribution in [-0.4, -0.2) is 57.8 Å². The van der Waals surface area contributed by atoms with Gasteiger partial charge in [-0.1, -0.05) is 0 Å². The molecule has 1 atom stereocenters. The van der Waals surface area contributed by atoms with Crippen molar-refractivity contribution in [2.45, 2.75) is 31.4 Å². The maximum absolute atomic E-state index is 11.6. The van der Waals surface area contributed by atoms with Crippen molar-refractivity contribution in [3.05, 3.63) is 0 Å². The van der Waals surface area contributed by atoms with Gasteiger partial charge in [-0.15, -0.1) is 0 Å². The first-order valence-electron chi connectivity index (χ1n) is 6.26. The fourth-order valence-corrected chi connectivity index (χ4v) is 3.91. The molecule has 2 aliphatic rings. The number of carbonyl (C=O) groups excluding carboxylic acids is 1. The number of ether oxygens (including phenoxy) is 2. The van der Waals surface area contributed by atoms with Crippen LogP contribution in [0.15, 0.2) is 0 Å². The number of hydrogen-bond acceptors (Lipinski definition) is 6. The molecule has 0 radical (unpaired) electrons. The molecule has 18 heavy (non-hydrogen) atoms. The highest BCUT2D eigenvalue weighted by Crippen LogP contribution is 2.12. The summed E-state index contributed by atoms with van der Waals surface area (Å²) in [6.45, 7) is 1.34. The second-order valence-corrected chi connectivity index (χ2v) is 7.01. The Morgan fingerprint density at radius 3 is 2.61 bits per heavy atom. The van der Waals surface area contributed by atoms with Crippen LogP contribution in [-0.2, 0) is 24.1 Å². The van der Waals surface area contributed by atoms with Crippen LogP contribution in [0.3, 0.4) is 0 Å². The molecule has 6 nitrogen and oxygen atoms in total. The van der Waals surface area contributed by atoms with Gasteiger partial charge in [0.1, 0.15) is 6.10 Å². The fraction of sp³-hybridized carbons (Fsp3) is 0.909. The molecule has 0 bridgehead atoms. The summed E-state index contributed by atoms with van der Waals surface area (Å²) in [7, 11) is -2.90. The van der Waals surface area contributed by atoms with Gasteiger partial charge in [-0.2, -0.15) is 0 Å². The zero-order chi connectivity index (χ0) is 13.0. The van der Waals surface area contributed by atoms with Crippen molar-refractivity contribution in [1.82, 2.24) is 5.32 Å². The summed E-state index contributed by atoms with van der Waals surface area (Å²) in [5.74, 6) is 0.0169. The van der Waals surface area contributed by atoms with Crippen molar-refractivity contribution in [1.29, 1.82) is 0 Å². The lowest BCUT2D eigenvalue weighted by Gasteiger charge is -2.22. The molecule has 2 aliphatic heterocycles. The number of hydrogen-bond donors (Lipinski definition) is 1. The van der Waals surface area contributed by atoms with Crippen LogP contribution in [0.5, 0.6) is 0 Å². The molecule has 0 aromatic carbocycles. The van der Waals surface area contributed by atoms with Crippen molar-refractivity contribution < 1.29 is 22.7 Å². The Morgan fingerprint density at radius 1 is 1.28 bits per heavy atom. The smallest absolute Gasteiger partial charge is 0.320 e. The van der Waals surface area contributed by atoms with Gasteiger partial charge in [-0.3, -0.25) is 4.79 Å². The summed E-state index contributed by atoms with van der Waals surface area (Å²) in [5.41, 5.74) is 0. The first-order chi connectivity index (χ1) is 8.55. The van der Waals surface area contributed by atoms with E-state index in [1.165, 1.54) is 0 Å². The van der Waals surface area contributed by atoms with E-state index in [0.29, 0.717) is 19.6 Å². The fourth-order valence-electron chi connectivity index (χ4n) is 2.21. The highest BCUT2D eigenvalue weighted by molar-refractivity contribution is 7.91. The molecule has 2 fully saturated rings. The van der Waals surface area contributed by atoms with Gasteiger partial charge in [0.2, 0.25) is 0 Å². The van der Waals surface area contributed by atoms with E-state index < -0.39 is 9.84 Å². The Kier molecular flexibility index (Phi) is 4.58. The van der Waals surface area contributed by atoms with Gasteiger partial charge in [-0.05, 0) is 6.42 Å². The van der Waals surface area contributed by atoms with E-state index in [1.807, 2.05) is 0 Å². The van der Waals surface area contributed by atoms with Crippen LogP contribution in [0, 0.1) is 0 Å². The van der Waals surface area contributed by atoms with Gasteiger partial charge < -0.3 is 14.8 Å². The molecular weight excluding hydrogens is 258 g/mol. The molecule has 0 saturated carbocycles. The highest BCUT2D eigenvalue weighted by atomic mass is 32.2. The number of carbonyl (C=O) groups is 1. The molecule has 2 heterocycles. The van der Waals surface area contributed by atoms with Crippen LogP contribution in [0.1, 0.15) is 19.3 Å². The molecule has 0 spiro atoms. The summed E-state index contributed by atoms with van der Waals surface area (Å²) in [4.78, 5) is 11.6. The van der Waals surface area contributed by atoms with Gasteiger partial charge in [0.05, 0.1) is 31.3 Å². The van der Waals surface area contributed by atoms with E-state index in [2.05, 4.69) is 5.32 Å². The average molecular weight is 277 g/mol. The minimum absolute atomic E-state index is 0.0552. The molecule has 0 aromatic rings. The summed E-state index contributed by atoms with van der Waals surface area (Å²) in [6.07, 6.45) is 2.00. The molecule has 2 rings (SSSR count). The Hall–Kier alpha value is -0.660. The zero-order valence-electron chi connectivity index (χ0n) is 10.3. The first kappa shape index (κ1) is 13.8. The molecule has 1 N–H and O–H groups in total. The molecule has 7 heteroatoms. The third-order valence-electron chi connectivity index (χ3n) is 3.23. The number of nitrogens with one attached hydrogen (secondary N) is 1. The molecule has 0 aliphatic carbocycles. The Morgan fingerprint density at radius 2 is 2.00 bits per heavy atom. The van der Waals surface area contributed by atoms with Gasteiger partial charge in [-0.25, -0.2) is 8.42 Å². The molecular formula is C11H19NO5S. The largest absolute Gasteiger partial charge is 0.461 e. The van der Waals surface area contributed by atoms with Crippen molar-refractivity contribution in [3.63, 3.8) is 0 Å². The maximum atomic E-state index is 11.6. The lowest BCUT2D eigenvalue weighted by Crippen LogP contribution is -2.37. The summed E-state index contributed by atoms with van der Waals surface area (Å²) < 4.78 is 32.9. The quantitative estimate of drug-likeness (QED) is 0.697. The standard InChI is InChI=1S/C11H19NO5S/c13-11(17-10-1-4-16-5-2-10)7-12-9-3-6-18(14,15)8-9/h9-10,12H,1-8H2. The lowest BCUT2D eigenvalue weighted by molar-refractivity contribution is -0.152. The predicted octanol–water partition coefficient (Wildman–Crippen LogP) is -0.515. The summed E-state index contributed by atoms with van der Waals surface area (Å²) >= 11 is 0. The van der Waals surface area contributed by atoms with Gasteiger partial charge >= 0.3 is 5.97 Å². The summed E-state index contributed by atoms with van der Waals surface area (Å²) in [5, 5.41) is 2.94. The van der Waals surface area contributed by atoms with E-state index in [9.17, 15) is 13.2 Å². The average Bonchev–Trinajstić information content (AvgIpc) is 2.68. The normalized spacial score (nSPS) is 28.1. The Labute approximate surface area is 107 Å². The molecule has 1 unspecified atom stereocenters. The third-order valence-corrected chi connectivity index (χ3v) is 5.00. The van der Waals surface area contributed by atoms with Crippen LogP contribution >= 0.6 is 0 Å². The van der Waals surface area contributed by atoms with Crippen LogP contribution in [0.25, 0.3) is 0 Å². The number of esters is 1. The first-order valence-corrected chi connectivity index (χ1v) is 8.08. The Balaban J connectivity index is 1.65. The topological polar surface area (TPSA) is 81.7 Å². The van der Waals surface area contributed by atoms with Crippen molar-refractivity contribution in [3.8, 4) is 0 Å². The van der Waals surface area contributed by atoms with Gasteiger partial charge in [0.15, 0.2) is 9.84 Å². The second kappa shape index (κ2) is 5.99. The van der Waals surface area contributed by atoms with E-state index in [-0.39, 0.29) is 36.2 Å². The molecule has 0 aromatic heterocycles. The van der Waals surface area contributed by atoms with E-state index in [0.717, 1.165) is 12.8 Å². The van der Waals surface area contributed by atoms with Crippen molar-refractivity contribution in [2.75, 3.05) is 31.3 Å². The molecule has 0 amide bonds. The van der Waals surface area contributed by atoms with Crippen LogP contribution < -0.4 is 5.32 Å². The minimum atomic E-state index is -2.90. The minimum Gasteiger partial charge on any atom is -0.461 e. The Bertz CT molecular complexity index is 388. The van der Waals surface area contributed by atoms with Gasteiger partial charge in [0, 0.05) is 18.9 Å². The number of rotatable bonds is 4. The second-order valence-electron chi connectivity index (χ2n) is 4.78. The molecule has 2 saturated heterocycles. The predicted molar refractivity (Wildman–Crippen MR) is 65.0 cm³/mol. The van der Waals surface area contributed by atoms with E-state index >= 15 is 0 Å². The molecule has 104 valence electrons. The SMILES string of the molecule is O=C(CNC1CCS(=O)(=O)C1)OC1CCOCC1. The number of sulfone groups is 1. The zero-order valence-corrected chi connectivity index (χ0v) is 11.1. The highest BCUT2D eigenvalue weighted by Gasteiger charge is 2.28. The van der Waals surface area contributed by atoms with E-state index in [4.69, 9.17) is 9.47 Å². The van der Waals surface area contributed by atoms with E-state index in [1.54, 1.807) is 0 Å². The van der Waals surface area contributed by atoms with Crippen molar-refractivity contribution in [2.24, 2.45) is 0 Å². The third kappa shape index (κ3) is 4.22. The summed E-state index contributed by atoms with van der Waals surface area (Å²) in [6, 6.07) is -0.114. The van der Waals surface area contributed by atoms with Crippen molar-refractivity contribution >= 4 is 15.8 Å². The monoisotopic (exact) mass is 277 g/mol. The lowest BCUT2D eigenvalue weighted by atomic mass is 10.1. The van der Waals surface area contributed by atoms with Crippen LogP contribution in [0.4, 0.5) is 0 Å².